The van der Waals surface area contributed by atoms with Gasteiger partial charge in [0.1, 0.15) is 6.54 Å². The van der Waals surface area contributed by atoms with E-state index in [0.717, 1.165) is 10.1 Å². The van der Waals surface area contributed by atoms with Gasteiger partial charge < -0.3 is 10.4 Å². The van der Waals surface area contributed by atoms with Crippen molar-refractivity contribution in [2.45, 2.75) is 19.5 Å². The predicted molar refractivity (Wildman–Crippen MR) is 85.8 cm³/mol. The van der Waals surface area contributed by atoms with Crippen molar-refractivity contribution in [2.75, 3.05) is 6.54 Å². The van der Waals surface area contributed by atoms with Crippen molar-refractivity contribution in [1.82, 2.24) is 14.5 Å². The molecule has 1 amide bonds. The molecule has 8 heteroatoms. The van der Waals surface area contributed by atoms with Crippen LogP contribution in [0.5, 0.6) is 0 Å². The number of hydrogen-bond donors (Lipinski definition) is 2. The Balaban J connectivity index is 2.14. The molecule has 0 fully saturated rings. The van der Waals surface area contributed by atoms with Gasteiger partial charge in [0.2, 0.25) is 5.91 Å². The molecule has 8 nitrogen and oxygen atoms in total. The minimum Gasteiger partial charge on any atom is -0.481 e. The van der Waals surface area contributed by atoms with Crippen molar-refractivity contribution < 1.29 is 14.7 Å². The van der Waals surface area contributed by atoms with Crippen LogP contribution in [0.4, 0.5) is 0 Å². The number of aromatic nitrogens is 2. The summed E-state index contributed by atoms with van der Waals surface area (Å²) >= 11 is 0. The minimum absolute atomic E-state index is 0.0616. The van der Waals surface area contributed by atoms with Crippen molar-refractivity contribution in [3.05, 3.63) is 69.0 Å². The summed E-state index contributed by atoms with van der Waals surface area (Å²) in [6, 6.07) is 10.4. The molecule has 1 aromatic carbocycles. The van der Waals surface area contributed by atoms with E-state index in [1.54, 1.807) is 0 Å². The summed E-state index contributed by atoms with van der Waals surface area (Å²) < 4.78 is 2.15. The van der Waals surface area contributed by atoms with Crippen LogP contribution in [0.2, 0.25) is 0 Å². The maximum atomic E-state index is 12.4. The Hall–Kier alpha value is -3.16. The summed E-state index contributed by atoms with van der Waals surface area (Å²) in [4.78, 5) is 46.4. The van der Waals surface area contributed by atoms with Crippen LogP contribution in [0.1, 0.15) is 12.0 Å². The first-order chi connectivity index (χ1) is 11.5. The van der Waals surface area contributed by atoms with E-state index in [2.05, 4.69) is 5.32 Å². The van der Waals surface area contributed by atoms with Crippen molar-refractivity contribution in [3.8, 4) is 0 Å². The summed E-state index contributed by atoms with van der Waals surface area (Å²) in [5, 5.41) is 10.9. The van der Waals surface area contributed by atoms with Crippen molar-refractivity contribution in [2.24, 2.45) is 0 Å². The molecule has 0 bridgehead atoms. The van der Waals surface area contributed by atoms with Crippen LogP contribution < -0.4 is 16.6 Å². The van der Waals surface area contributed by atoms with Gasteiger partial charge in [-0.2, -0.15) is 0 Å². The first kappa shape index (κ1) is 17.2. The van der Waals surface area contributed by atoms with Crippen LogP contribution >= 0.6 is 0 Å². The number of carboxylic acids is 1. The Labute approximate surface area is 137 Å². The lowest BCUT2D eigenvalue weighted by atomic mass is 10.2. The molecule has 126 valence electrons. The quantitative estimate of drug-likeness (QED) is 0.720. The van der Waals surface area contributed by atoms with Crippen molar-refractivity contribution >= 4 is 11.9 Å². The van der Waals surface area contributed by atoms with Gasteiger partial charge in [0, 0.05) is 18.8 Å². The molecule has 1 heterocycles. The van der Waals surface area contributed by atoms with E-state index in [0.29, 0.717) is 0 Å². The third kappa shape index (κ3) is 4.67. The number of amides is 1. The van der Waals surface area contributed by atoms with Crippen LogP contribution in [0.3, 0.4) is 0 Å². The summed E-state index contributed by atoms with van der Waals surface area (Å²) in [5.41, 5.74) is -0.298. The molecule has 0 saturated heterocycles. The fourth-order valence-electron chi connectivity index (χ4n) is 2.11. The summed E-state index contributed by atoms with van der Waals surface area (Å²) in [6.45, 7) is -0.235. The third-order valence-corrected chi connectivity index (χ3v) is 3.30. The van der Waals surface area contributed by atoms with Crippen LogP contribution in [-0.4, -0.2) is 32.7 Å². The molecule has 0 saturated carbocycles. The van der Waals surface area contributed by atoms with Crippen LogP contribution in [0.25, 0.3) is 0 Å². The van der Waals surface area contributed by atoms with Crippen molar-refractivity contribution in [1.29, 1.82) is 0 Å². The van der Waals surface area contributed by atoms with E-state index in [1.165, 1.54) is 16.8 Å². The second kappa shape index (κ2) is 7.91. The zero-order valence-electron chi connectivity index (χ0n) is 12.8. The molecule has 0 radical (unpaired) electrons. The molecule has 0 aliphatic heterocycles. The molecule has 0 unspecified atom stereocenters. The fourth-order valence-corrected chi connectivity index (χ4v) is 2.11. The van der Waals surface area contributed by atoms with Gasteiger partial charge in [0.15, 0.2) is 0 Å². The van der Waals surface area contributed by atoms with Crippen LogP contribution in [0, 0.1) is 0 Å². The average Bonchev–Trinajstić information content (AvgIpc) is 2.55. The molecular weight excluding hydrogens is 314 g/mol. The molecule has 0 atom stereocenters. The van der Waals surface area contributed by atoms with Crippen LogP contribution in [-0.2, 0) is 22.7 Å². The standard InChI is InChI=1S/C16H17N3O5/c20-13(17-8-6-15(22)23)11-19-14(21)7-9-18(16(19)24)10-12-4-2-1-3-5-12/h1-5,7,9H,6,8,10-11H2,(H,17,20)(H,22,23). The molecule has 2 rings (SSSR count). The smallest absolute Gasteiger partial charge is 0.331 e. The lowest BCUT2D eigenvalue weighted by Crippen LogP contribution is -2.43. The summed E-state index contributed by atoms with van der Waals surface area (Å²) in [5.74, 6) is -1.63. The Kier molecular flexibility index (Phi) is 5.67. The second-order valence-corrected chi connectivity index (χ2v) is 5.13. The summed E-state index contributed by atoms with van der Waals surface area (Å²) in [6.07, 6.45) is 1.16. The number of carbonyl (C=O) groups is 2. The van der Waals surface area contributed by atoms with Gasteiger partial charge in [-0.15, -0.1) is 0 Å². The van der Waals surface area contributed by atoms with E-state index in [1.807, 2.05) is 30.3 Å². The van der Waals surface area contributed by atoms with Gasteiger partial charge in [-0.3, -0.25) is 23.5 Å². The SMILES string of the molecule is O=C(O)CCNC(=O)Cn1c(=O)ccn(Cc2ccccc2)c1=O. The molecule has 0 aliphatic rings. The Morgan fingerprint density at radius 1 is 1.08 bits per heavy atom. The van der Waals surface area contributed by atoms with E-state index in [4.69, 9.17) is 5.11 Å². The third-order valence-electron chi connectivity index (χ3n) is 3.30. The van der Waals surface area contributed by atoms with E-state index < -0.39 is 29.7 Å². The second-order valence-electron chi connectivity index (χ2n) is 5.13. The lowest BCUT2D eigenvalue weighted by Gasteiger charge is -2.10. The van der Waals surface area contributed by atoms with Crippen molar-refractivity contribution in [3.63, 3.8) is 0 Å². The average molecular weight is 331 g/mol. The van der Waals surface area contributed by atoms with Crippen LogP contribution in [0.15, 0.2) is 52.2 Å². The molecule has 0 aliphatic carbocycles. The minimum atomic E-state index is -1.04. The highest BCUT2D eigenvalue weighted by Gasteiger charge is 2.10. The van der Waals surface area contributed by atoms with E-state index in [-0.39, 0.29) is 19.5 Å². The maximum absolute atomic E-state index is 12.4. The molecule has 24 heavy (non-hydrogen) atoms. The number of aliphatic carboxylic acids is 1. The number of carbonyl (C=O) groups excluding carboxylic acids is 1. The molecule has 0 spiro atoms. The van der Waals surface area contributed by atoms with Gasteiger partial charge in [-0.25, -0.2) is 4.79 Å². The number of benzene rings is 1. The van der Waals surface area contributed by atoms with E-state index in [9.17, 15) is 19.2 Å². The van der Waals surface area contributed by atoms with Gasteiger partial charge in [-0.1, -0.05) is 30.3 Å². The maximum Gasteiger partial charge on any atom is 0.331 e. The number of nitrogens with one attached hydrogen (secondary N) is 1. The topological polar surface area (TPSA) is 110 Å². The number of nitrogens with zero attached hydrogens (tertiary/aromatic N) is 2. The monoisotopic (exact) mass is 331 g/mol. The zero-order chi connectivity index (χ0) is 17.5. The molecule has 2 N–H and O–H groups in total. The number of hydrogen-bond acceptors (Lipinski definition) is 4. The Morgan fingerprint density at radius 3 is 2.46 bits per heavy atom. The molecule has 1 aromatic heterocycles. The van der Waals surface area contributed by atoms with Gasteiger partial charge in [0.05, 0.1) is 13.0 Å². The Morgan fingerprint density at radius 2 is 1.79 bits per heavy atom. The highest BCUT2D eigenvalue weighted by Crippen LogP contribution is 1.99. The predicted octanol–water partition coefficient (Wildman–Crippen LogP) is -0.351. The fraction of sp³-hybridized carbons (Fsp3) is 0.250. The zero-order valence-corrected chi connectivity index (χ0v) is 12.8. The number of carboxylic acid groups (broad SMARTS) is 1. The van der Waals surface area contributed by atoms with Gasteiger partial charge in [0.25, 0.3) is 5.56 Å². The highest BCUT2D eigenvalue weighted by atomic mass is 16.4. The number of rotatable bonds is 7. The lowest BCUT2D eigenvalue weighted by molar-refractivity contribution is -0.136. The summed E-state index contributed by atoms with van der Waals surface area (Å²) in [7, 11) is 0. The largest absolute Gasteiger partial charge is 0.481 e. The van der Waals surface area contributed by atoms with E-state index >= 15 is 0 Å². The normalized spacial score (nSPS) is 10.3. The molecular formula is C16H17N3O5. The molecule has 2 aromatic rings. The van der Waals surface area contributed by atoms with Gasteiger partial charge in [-0.05, 0) is 5.56 Å². The first-order valence-electron chi connectivity index (χ1n) is 7.30. The van der Waals surface area contributed by atoms with Gasteiger partial charge >= 0.3 is 11.7 Å². The highest BCUT2D eigenvalue weighted by molar-refractivity contribution is 5.76. The first-order valence-corrected chi connectivity index (χ1v) is 7.30. The Bertz CT molecular complexity index is 839.